The van der Waals surface area contributed by atoms with Crippen molar-refractivity contribution < 1.29 is 27.2 Å². The molecule has 0 atom stereocenters. The zero-order valence-electron chi connectivity index (χ0n) is 8.64. The third-order valence-corrected chi connectivity index (χ3v) is 2.08. The molecule has 1 rings (SSSR count). The van der Waals surface area contributed by atoms with Crippen LogP contribution in [-0.4, -0.2) is 12.2 Å². The summed E-state index contributed by atoms with van der Waals surface area (Å²) in [6.45, 7) is -1.49. The van der Waals surface area contributed by atoms with Gasteiger partial charge in [-0.1, -0.05) is 0 Å². The second kappa shape index (κ2) is 5.86. The van der Waals surface area contributed by atoms with E-state index in [4.69, 9.17) is 0 Å². The molecule has 18 heavy (non-hydrogen) atoms. The Bertz CT molecular complexity index is 525. The molecular formula is C10H4F4N2O2. The van der Waals surface area contributed by atoms with Crippen LogP contribution in [-0.2, 0) is 22.7 Å². The van der Waals surface area contributed by atoms with Crippen LogP contribution in [0.1, 0.15) is 11.1 Å². The molecule has 0 bridgehead atoms. The first-order valence-corrected chi connectivity index (χ1v) is 4.45. The first kappa shape index (κ1) is 13.8. The first-order valence-electron chi connectivity index (χ1n) is 4.45. The lowest BCUT2D eigenvalue weighted by Gasteiger charge is -2.09. The van der Waals surface area contributed by atoms with E-state index in [9.17, 15) is 27.2 Å². The highest BCUT2D eigenvalue weighted by Crippen LogP contribution is 2.25. The van der Waals surface area contributed by atoms with E-state index in [2.05, 4.69) is 9.98 Å². The Morgan fingerprint density at radius 2 is 1.06 bits per heavy atom. The zero-order chi connectivity index (χ0) is 13.7. The number of carbonyl (C=O) groups excluding carboxylic acids is 2. The summed E-state index contributed by atoms with van der Waals surface area (Å²) in [6.07, 6.45) is 2.08. The number of isocyanates is 2. The first-order chi connectivity index (χ1) is 8.54. The van der Waals surface area contributed by atoms with E-state index in [1.807, 2.05) is 0 Å². The number of halogens is 4. The Labute approximate surface area is 97.7 Å². The number of hydrogen-bond acceptors (Lipinski definition) is 4. The summed E-state index contributed by atoms with van der Waals surface area (Å²) in [4.78, 5) is 25.7. The van der Waals surface area contributed by atoms with Crippen molar-refractivity contribution in [1.82, 2.24) is 0 Å². The summed E-state index contributed by atoms with van der Waals surface area (Å²) < 4.78 is 52.6. The van der Waals surface area contributed by atoms with Gasteiger partial charge in [-0.2, -0.15) is 0 Å². The lowest BCUT2D eigenvalue weighted by Crippen LogP contribution is -2.08. The Balaban J connectivity index is 3.51. The van der Waals surface area contributed by atoms with Crippen LogP contribution in [0.4, 0.5) is 17.6 Å². The van der Waals surface area contributed by atoms with Crippen LogP contribution < -0.4 is 0 Å². The van der Waals surface area contributed by atoms with Gasteiger partial charge in [0.2, 0.25) is 12.2 Å². The number of hydrogen-bond donors (Lipinski definition) is 0. The standard InChI is InChI=1S/C10H4F4N2O2/c11-7-5(1-15-3-17)6(2-16-4-18)8(12)10(14)9(7)13/h1-2H2. The average Bonchev–Trinajstić information content (AvgIpc) is 2.38. The van der Waals surface area contributed by atoms with Crippen LogP contribution in [0.25, 0.3) is 0 Å². The molecular weight excluding hydrogens is 256 g/mol. The van der Waals surface area contributed by atoms with Crippen molar-refractivity contribution >= 4 is 12.2 Å². The van der Waals surface area contributed by atoms with Crippen molar-refractivity contribution in [2.75, 3.05) is 0 Å². The van der Waals surface area contributed by atoms with Gasteiger partial charge in [0, 0.05) is 11.1 Å². The predicted octanol–water partition coefficient (Wildman–Crippen LogP) is 1.91. The molecule has 8 heteroatoms. The van der Waals surface area contributed by atoms with Crippen molar-refractivity contribution in [2.24, 2.45) is 9.98 Å². The number of nitrogens with zero attached hydrogens (tertiary/aromatic N) is 2. The molecule has 0 amide bonds. The maximum atomic E-state index is 13.3. The molecule has 1 aromatic rings. The molecule has 0 saturated carbocycles. The van der Waals surface area contributed by atoms with Crippen LogP contribution in [0.15, 0.2) is 9.98 Å². The molecule has 0 aliphatic heterocycles. The van der Waals surface area contributed by atoms with Gasteiger partial charge in [0.25, 0.3) is 0 Å². The zero-order valence-corrected chi connectivity index (χ0v) is 8.64. The largest absolute Gasteiger partial charge is 0.235 e. The summed E-state index contributed by atoms with van der Waals surface area (Å²) in [7, 11) is 0. The lowest BCUT2D eigenvalue weighted by atomic mass is 10.1. The van der Waals surface area contributed by atoms with Gasteiger partial charge in [-0.3, -0.25) is 0 Å². The second-order valence-electron chi connectivity index (χ2n) is 3.03. The fourth-order valence-corrected chi connectivity index (χ4v) is 1.27. The van der Waals surface area contributed by atoms with E-state index >= 15 is 0 Å². The highest BCUT2D eigenvalue weighted by atomic mass is 19.2. The minimum Gasteiger partial charge on any atom is -0.211 e. The molecule has 0 unspecified atom stereocenters. The van der Waals surface area contributed by atoms with Crippen molar-refractivity contribution in [3.63, 3.8) is 0 Å². The summed E-state index contributed by atoms with van der Waals surface area (Å²) >= 11 is 0. The fourth-order valence-electron chi connectivity index (χ4n) is 1.27. The summed E-state index contributed by atoms with van der Waals surface area (Å²) in [5.41, 5.74) is -1.40. The molecule has 4 nitrogen and oxygen atoms in total. The van der Waals surface area contributed by atoms with E-state index < -0.39 is 47.5 Å². The molecule has 0 fully saturated rings. The van der Waals surface area contributed by atoms with Crippen LogP contribution in [0.3, 0.4) is 0 Å². The molecule has 0 aromatic heterocycles. The van der Waals surface area contributed by atoms with E-state index in [1.54, 1.807) is 0 Å². The summed E-state index contributed by atoms with van der Waals surface area (Å²) in [6, 6.07) is 0. The predicted molar refractivity (Wildman–Crippen MR) is 49.9 cm³/mol. The molecule has 0 spiro atoms. The molecule has 0 aliphatic rings. The Morgan fingerprint density at radius 3 is 1.33 bits per heavy atom. The Morgan fingerprint density at radius 1 is 0.722 bits per heavy atom. The normalized spacial score (nSPS) is 9.56. The van der Waals surface area contributed by atoms with Crippen LogP contribution in [0.2, 0.25) is 0 Å². The lowest BCUT2D eigenvalue weighted by molar-refractivity contribution is 0.398. The van der Waals surface area contributed by atoms with Gasteiger partial charge in [-0.25, -0.2) is 37.1 Å². The van der Waals surface area contributed by atoms with Crippen LogP contribution >= 0.6 is 0 Å². The van der Waals surface area contributed by atoms with E-state index in [0.29, 0.717) is 0 Å². The minimum absolute atomic E-state index is 0.700. The van der Waals surface area contributed by atoms with Crippen molar-refractivity contribution in [2.45, 2.75) is 13.1 Å². The highest BCUT2D eigenvalue weighted by molar-refractivity contribution is 5.38. The van der Waals surface area contributed by atoms with Gasteiger partial charge in [0.1, 0.15) is 0 Å². The fraction of sp³-hybridized carbons (Fsp3) is 0.200. The maximum Gasteiger partial charge on any atom is 0.235 e. The van der Waals surface area contributed by atoms with Crippen LogP contribution in [0, 0.1) is 23.3 Å². The smallest absolute Gasteiger partial charge is 0.211 e. The molecule has 94 valence electrons. The van der Waals surface area contributed by atoms with E-state index in [-0.39, 0.29) is 0 Å². The highest BCUT2D eigenvalue weighted by Gasteiger charge is 2.24. The number of benzene rings is 1. The van der Waals surface area contributed by atoms with Crippen molar-refractivity contribution in [1.29, 1.82) is 0 Å². The topological polar surface area (TPSA) is 58.9 Å². The maximum absolute atomic E-state index is 13.3. The summed E-state index contributed by atoms with van der Waals surface area (Å²) in [5, 5.41) is 0. The quantitative estimate of drug-likeness (QED) is 0.273. The average molecular weight is 260 g/mol. The molecule has 0 aliphatic carbocycles. The Hall–Kier alpha value is -2.30. The minimum atomic E-state index is -2.03. The molecule has 0 heterocycles. The molecule has 0 radical (unpaired) electrons. The monoisotopic (exact) mass is 260 g/mol. The Kier molecular flexibility index (Phi) is 4.48. The molecule has 0 saturated heterocycles. The third-order valence-electron chi connectivity index (χ3n) is 2.08. The van der Waals surface area contributed by atoms with Gasteiger partial charge in [-0.05, 0) is 0 Å². The number of rotatable bonds is 4. The van der Waals surface area contributed by atoms with E-state index in [1.165, 1.54) is 0 Å². The van der Waals surface area contributed by atoms with Gasteiger partial charge in [0.05, 0.1) is 13.1 Å². The third kappa shape index (κ3) is 2.51. The van der Waals surface area contributed by atoms with E-state index in [0.717, 1.165) is 12.2 Å². The number of aliphatic imine (C=N–C) groups is 2. The SMILES string of the molecule is O=C=NCc1c(F)c(F)c(F)c(F)c1CN=C=O. The molecule has 1 aromatic carbocycles. The van der Waals surface area contributed by atoms with Gasteiger partial charge in [-0.15, -0.1) is 0 Å². The van der Waals surface area contributed by atoms with Crippen molar-refractivity contribution in [3.05, 3.63) is 34.4 Å². The van der Waals surface area contributed by atoms with Gasteiger partial charge >= 0.3 is 0 Å². The van der Waals surface area contributed by atoms with Crippen molar-refractivity contribution in [3.8, 4) is 0 Å². The van der Waals surface area contributed by atoms with Gasteiger partial charge in [0.15, 0.2) is 23.3 Å². The molecule has 0 N–H and O–H groups in total. The van der Waals surface area contributed by atoms with Gasteiger partial charge < -0.3 is 0 Å². The second-order valence-corrected chi connectivity index (χ2v) is 3.03. The van der Waals surface area contributed by atoms with Crippen LogP contribution in [0.5, 0.6) is 0 Å². The summed E-state index contributed by atoms with van der Waals surface area (Å²) in [5.74, 6) is -7.43.